The molecular formula is C21H38N6O7. The largest absolute Gasteiger partial charge is 0.480 e. The van der Waals surface area contributed by atoms with Gasteiger partial charge >= 0.3 is 5.97 Å². The third-order valence-electron chi connectivity index (χ3n) is 5.19. The molecule has 34 heavy (non-hydrogen) atoms. The van der Waals surface area contributed by atoms with Gasteiger partial charge in [-0.3, -0.25) is 24.0 Å². The Bertz CT molecular complexity index is 758. The van der Waals surface area contributed by atoms with Gasteiger partial charge in [0, 0.05) is 6.42 Å². The Balaban J connectivity index is 5.54. The molecule has 194 valence electrons. The van der Waals surface area contributed by atoms with Crippen molar-refractivity contribution in [3.05, 3.63) is 0 Å². The fourth-order valence-electron chi connectivity index (χ4n) is 3.03. The minimum absolute atomic E-state index is 0.0608. The summed E-state index contributed by atoms with van der Waals surface area (Å²) in [5.74, 6) is -5.57. The Morgan fingerprint density at radius 1 is 0.824 bits per heavy atom. The number of carboxylic acids is 1. The van der Waals surface area contributed by atoms with Crippen LogP contribution in [0, 0.1) is 11.8 Å². The van der Waals surface area contributed by atoms with Crippen molar-refractivity contribution in [2.45, 2.75) is 84.0 Å². The van der Waals surface area contributed by atoms with Crippen molar-refractivity contribution >= 4 is 35.5 Å². The van der Waals surface area contributed by atoms with Crippen molar-refractivity contribution in [3.63, 3.8) is 0 Å². The molecule has 5 amide bonds. The fourth-order valence-corrected chi connectivity index (χ4v) is 3.03. The number of rotatable bonds is 16. The minimum Gasteiger partial charge on any atom is -0.480 e. The SMILES string of the molecule is CCC(C)C(NC(=O)C(CC(C)C)NC(=O)C(CC(N)=O)NC(=O)C(N)CCC(N)=O)C(=O)O. The molecule has 0 radical (unpaired) electrons. The minimum atomic E-state index is -1.43. The molecule has 0 aromatic heterocycles. The second-order valence-electron chi connectivity index (χ2n) is 8.74. The van der Waals surface area contributed by atoms with E-state index in [2.05, 4.69) is 16.0 Å². The number of primary amides is 2. The third kappa shape index (κ3) is 11.6. The zero-order valence-electron chi connectivity index (χ0n) is 20.1. The van der Waals surface area contributed by atoms with E-state index in [0.717, 1.165) is 0 Å². The predicted molar refractivity (Wildman–Crippen MR) is 123 cm³/mol. The number of carbonyl (C=O) groups excluding carboxylic acids is 5. The van der Waals surface area contributed by atoms with Crippen LogP contribution in [0.15, 0.2) is 0 Å². The molecule has 0 spiro atoms. The lowest BCUT2D eigenvalue weighted by Crippen LogP contribution is -2.58. The molecule has 0 rings (SSSR count). The van der Waals surface area contributed by atoms with E-state index in [1.165, 1.54) is 0 Å². The van der Waals surface area contributed by atoms with Crippen molar-refractivity contribution in [1.82, 2.24) is 16.0 Å². The van der Waals surface area contributed by atoms with Gasteiger partial charge in [0.2, 0.25) is 29.5 Å². The van der Waals surface area contributed by atoms with Crippen LogP contribution in [0.5, 0.6) is 0 Å². The molecule has 0 heterocycles. The van der Waals surface area contributed by atoms with E-state index in [1.54, 1.807) is 27.7 Å². The smallest absolute Gasteiger partial charge is 0.326 e. The molecule has 0 fully saturated rings. The summed E-state index contributed by atoms with van der Waals surface area (Å²) in [5, 5.41) is 16.7. The first kappa shape index (κ1) is 30.8. The van der Waals surface area contributed by atoms with Gasteiger partial charge in [0.15, 0.2) is 0 Å². The summed E-state index contributed by atoms with van der Waals surface area (Å²) in [5.41, 5.74) is 15.9. The van der Waals surface area contributed by atoms with Crippen molar-refractivity contribution in [2.24, 2.45) is 29.0 Å². The summed E-state index contributed by atoms with van der Waals surface area (Å²) >= 11 is 0. The van der Waals surface area contributed by atoms with Gasteiger partial charge < -0.3 is 38.3 Å². The predicted octanol–water partition coefficient (Wildman–Crippen LogP) is -1.91. The Labute approximate surface area is 198 Å². The Morgan fingerprint density at radius 3 is 1.79 bits per heavy atom. The molecule has 0 aliphatic rings. The Morgan fingerprint density at radius 2 is 1.35 bits per heavy atom. The molecule has 0 bridgehead atoms. The van der Waals surface area contributed by atoms with Gasteiger partial charge in [-0.2, -0.15) is 0 Å². The first-order chi connectivity index (χ1) is 15.7. The quantitative estimate of drug-likeness (QED) is 0.129. The lowest BCUT2D eigenvalue weighted by molar-refractivity contribution is -0.144. The number of carbonyl (C=O) groups is 6. The van der Waals surface area contributed by atoms with Crippen LogP contribution in [-0.2, 0) is 28.8 Å². The number of hydrogen-bond acceptors (Lipinski definition) is 7. The zero-order chi connectivity index (χ0) is 26.6. The van der Waals surface area contributed by atoms with Crippen LogP contribution in [-0.4, -0.2) is 64.8 Å². The topological polar surface area (TPSA) is 237 Å². The summed E-state index contributed by atoms with van der Waals surface area (Å²) in [6.45, 7) is 7.06. The maximum Gasteiger partial charge on any atom is 0.326 e. The lowest BCUT2D eigenvalue weighted by atomic mass is 9.97. The molecule has 0 aliphatic heterocycles. The highest BCUT2D eigenvalue weighted by Crippen LogP contribution is 2.11. The number of amides is 5. The van der Waals surface area contributed by atoms with E-state index in [-0.39, 0.29) is 31.1 Å². The molecule has 13 nitrogen and oxygen atoms in total. The molecule has 13 heteroatoms. The van der Waals surface area contributed by atoms with E-state index < -0.39 is 66.1 Å². The number of aliphatic carboxylic acids is 1. The molecule has 0 aromatic rings. The summed E-state index contributed by atoms with van der Waals surface area (Å²) in [7, 11) is 0. The van der Waals surface area contributed by atoms with E-state index in [0.29, 0.717) is 6.42 Å². The highest BCUT2D eigenvalue weighted by atomic mass is 16.4. The van der Waals surface area contributed by atoms with Crippen LogP contribution in [0.2, 0.25) is 0 Å². The van der Waals surface area contributed by atoms with E-state index in [4.69, 9.17) is 17.2 Å². The van der Waals surface area contributed by atoms with E-state index in [1.807, 2.05) is 0 Å². The van der Waals surface area contributed by atoms with Gasteiger partial charge in [0.05, 0.1) is 12.5 Å². The van der Waals surface area contributed by atoms with Crippen molar-refractivity contribution in [3.8, 4) is 0 Å². The number of nitrogens with one attached hydrogen (secondary N) is 3. The molecule has 5 unspecified atom stereocenters. The van der Waals surface area contributed by atoms with Crippen molar-refractivity contribution < 1.29 is 33.9 Å². The van der Waals surface area contributed by atoms with Crippen LogP contribution >= 0.6 is 0 Å². The first-order valence-electron chi connectivity index (χ1n) is 11.2. The molecule has 0 aliphatic carbocycles. The second-order valence-corrected chi connectivity index (χ2v) is 8.74. The van der Waals surface area contributed by atoms with Gasteiger partial charge in [-0.15, -0.1) is 0 Å². The van der Waals surface area contributed by atoms with Crippen molar-refractivity contribution in [2.75, 3.05) is 0 Å². The molecule has 0 saturated heterocycles. The van der Waals surface area contributed by atoms with Crippen LogP contribution in [0.3, 0.4) is 0 Å². The zero-order valence-corrected chi connectivity index (χ0v) is 20.1. The third-order valence-corrected chi connectivity index (χ3v) is 5.19. The average Bonchev–Trinajstić information content (AvgIpc) is 2.72. The van der Waals surface area contributed by atoms with Gasteiger partial charge in [0.25, 0.3) is 0 Å². The molecule has 0 aromatic carbocycles. The highest BCUT2D eigenvalue weighted by molar-refractivity contribution is 5.96. The standard InChI is InChI=1S/C21H38N6O7/c1-5-11(4)17(21(33)34)27-20(32)13(8-10(2)3)26-19(31)14(9-16(24)29)25-18(30)12(22)6-7-15(23)28/h10-14,17H,5-9,22H2,1-4H3,(H2,23,28)(H2,24,29)(H,25,30)(H,26,31)(H,27,32)(H,33,34). The van der Waals surface area contributed by atoms with E-state index in [9.17, 15) is 33.9 Å². The average molecular weight is 487 g/mol. The normalized spacial score (nSPS) is 15.4. The fraction of sp³-hybridized carbons (Fsp3) is 0.714. The lowest BCUT2D eigenvalue weighted by Gasteiger charge is -2.27. The van der Waals surface area contributed by atoms with Gasteiger partial charge in [-0.05, 0) is 24.7 Å². The summed E-state index contributed by atoms with van der Waals surface area (Å²) in [4.78, 5) is 71.9. The first-order valence-corrected chi connectivity index (χ1v) is 11.2. The second kappa shape index (κ2) is 14.8. The molecule has 0 saturated carbocycles. The molecular weight excluding hydrogens is 448 g/mol. The van der Waals surface area contributed by atoms with Gasteiger partial charge in [-0.25, -0.2) is 4.79 Å². The van der Waals surface area contributed by atoms with Gasteiger partial charge in [0.1, 0.15) is 18.1 Å². The highest BCUT2D eigenvalue weighted by Gasteiger charge is 2.32. The van der Waals surface area contributed by atoms with Crippen LogP contribution in [0.25, 0.3) is 0 Å². The maximum absolute atomic E-state index is 12.9. The van der Waals surface area contributed by atoms with E-state index >= 15 is 0 Å². The Kier molecular flexibility index (Phi) is 13.4. The molecule has 5 atom stereocenters. The number of carboxylic acid groups (broad SMARTS) is 1. The molecule has 10 N–H and O–H groups in total. The van der Waals surface area contributed by atoms with Crippen LogP contribution < -0.4 is 33.2 Å². The number of hydrogen-bond donors (Lipinski definition) is 7. The van der Waals surface area contributed by atoms with Crippen LogP contribution in [0.1, 0.15) is 59.8 Å². The van der Waals surface area contributed by atoms with Gasteiger partial charge in [-0.1, -0.05) is 34.1 Å². The summed E-state index contributed by atoms with van der Waals surface area (Å²) < 4.78 is 0. The van der Waals surface area contributed by atoms with Crippen LogP contribution in [0.4, 0.5) is 0 Å². The number of nitrogens with two attached hydrogens (primary N) is 3. The Hall–Kier alpha value is -3.22. The monoisotopic (exact) mass is 486 g/mol. The van der Waals surface area contributed by atoms with Crippen molar-refractivity contribution in [1.29, 1.82) is 0 Å². The maximum atomic E-state index is 12.9. The summed E-state index contributed by atoms with van der Waals surface area (Å²) in [6.07, 6.45) is -0.128. The summed E-state index contributed by atoms with van der Waals surface area (Å²) in [6, 6.07) is -4.89.